The van der Waals surface area contributed by atoms with Crippen molar-refractivity contribution in [2.45, 2.75) is 51.4 Å². The van der Waals surface area contributed by atoms with E-state index in [1.807, 2.05) is 0 Å². The van der Waals surface area contributed by atoms with Crippen molar-refractivity contribution in [3.05, 3.63) is 0 Å². The third-order valence-electron chi connectivity index (χ3n) is 3.79. The van der Waals surface area contributed by atoms with Crippen LogP contribution in [0.25, 0.3) is 0 Å². The molecule has 2 fully saturated rings. The summed E-state index contributed by atoms with van der Waals surface area (Å²) < 4.78 is 0.804. The van der Waals surface area contributed by atoms with Crippen LogP contribution in [0.1, 0.15) is 51.4 Å². The van der Waals surface area contributed by atoms with Gasteiger partial charge in [-0.05, 0) is 52.4 Å². The molecule has 0 amide bonds. The molecule has 0 aromatic heterocycles. The minimum atomic E-state index is 0.353. The third-order valence-corrected chi connectivity index (χ3v) is 6.83. The summed E-state index contributed by atoms with van der Waals surface area (Å²) in [5.41, 5.74) is 5.15. The zero-order valence-electron chi connectivity index (χ0n) is 11.2. The van der Waals surface area contributed by atoms with Crippen molar-refractivity contribution < 1.29 is 0 Å². The van der Waals surface area contributed by atoms with Crippen LogP contribution in [0.2, 0.25) is 0 Å². The molecule has 0 atom stereocenters. The average Bonchev–Trinajstić information content (AvgIpc) is 3.07. The van der Waals surface area contributed by atoms with E-state index in [4.69, 9.17) is 5.73 Å². The van der Waals surface area contributed by atoms with Gasteiger partial charge in [-0.1, -0.05) is 63.6 Å². The van der Waals surface area contributed by atoms with Crippen molar-refractivity contribution in [2.75, 3.05) is 0 Å². The number of thiocarbonyl (C=S) groups is 2. The normalized spacial score (nSPS) is 19.8. The van der Waals surface area contributed by atoms with E-state index in [1.54, 1.807) is 25.7 Å². The second-order valence-corrected chi connectivity index (χ2v) is 8.50. The molecule has 0 unspecified atom stereocenters. The summed E-state index contributed by atoms with van der Waals surface area (Å²) in [7, 11) is 2.45. The van der Waals surface area contributed by atoms with Gasteiger partial charge < -0.3 is 5.73 Å². The maximum Gasteiger partial charge on any atom is 0.170 e. The summed E-state index contributed by atoms with van der Waals surface area (Å²) in [6.45, 7) is 3.23. The Balaban J connectivity index is 0.000000192. The van der Waals surface area contributed by atoms with Gasteiger partial charge in [0.15, 0.2) is 4.32 Å². The summed E-state index contributed by atoms with van der Waals surface area (Å²) in [5, 5.41) is 0. The molecule has 0 saturated heterocycles. The fourth-order valence-electron chi connectivity index (χ4n) is 2.96. The molecular formula is C13H22N2S4. The van der Waals surface area contributed by atoms with E-state index in [0.29, 0.717) is 8.64 Å². The molecule has 108 valence electrons. The second-order valence-electron chi connectivity index (χ2n) is 5.00. The van der Waals surface area contributed by atoms with E-state index in [0.717, 1.165) is 11.8 Å². The highest BCUT2D eigenvalue weighted by atomic mass is 33.1. The molecule has 2 N–H and O–H groups in total. The fourth-order valence-corrected chi connectivity index (χ4v) is 4.40. The van der Waals surface area contributed by atoms with Crippen LogP contribution < -0.4 is 5.73 Å². The van der Waals surface area contributed by atoms with E-state index in [2.05, 4.69) is 36.1 Å². The Hall–Kier alpha value is 0.350. The van der Waals surface area contributed by atoms with Gasteiger partial charge in [0, 0.05) is 0 Å². The monoisotopic (exact) mass is 334 g/mol. The van der Waals surface area contributed by atoms with Gasteiger partial charge in [-0.25, -0.2) is 4.99 Å². The highest BCUT2D eigenvalue weighted by Gasteiger charge is 2.26. The largest absolute Gasteiger partial charge is 0.384 e. The molecule has 0 aromatic rings. The van der Waals surface area contributed by atoms with Crippen molar-refractivity contribution in [3.8, 4) is 0 Å². The average molecular weight is 335 g/mol. The molecule has 0 radical (unpaired) electrons. The summed E-state index contributed by atoms with van der Waals surface area (Å²) in [5.74, 6) is 2.31. The Bertz CT molecular complexity index is 294. The Morgan fingerprint density at radius 1 is 0.947 bits per heavy atom. The van der Waals surface area contributed by atoms with Crippen molar-refractivity contribution in [3.63, 3.8) is 0 Å². The van der Waals surface area contributed by atoms with Gasteiger partial charge in [-0.3, -0.25) is 0 Å². The number of nitrogens with zero attached hydrogens (tertiary/aromatic N) is 1. The molecule has 19 heavy (non-hydrogen) atoms. The van der Waals surface area contributed by atoms with E-state index in [9.17, 15) is 0 Å². The Labute approximate surface area is 135 Å². The molecule has 0 aromatic carbocycles. The van der Waals surface area contributed by atoms with E-state index >= 15 is 0 Å². The smallest absolute Gasteiger partial charge is 0.170 e. The highest BCUT2D eigenvalue weighted by Crippen LogP contribution is 2.39. The quantitative estimate of drug-likeness (QED) is 0.416. The molecule has 6 heteroatoms. The number of aliphatic imine (C=N–C) groups is 1. The highest BCUT2D eigenvalue weighted by molar-refractivity contribution is 8.89. The Morgan fingerprint density at radius 3 is 1.68 bits per heavy atom. The van der Waals surface area contributed by atoms with Gasteiger partial charge in [0.05, 0.1) is 0 Å². The molecular weight excluding hydrogens is 312 g/mol. The zero-order chi connectivity index (χ0) is 14.1. The molecule has 2 rings (SSSR count). The first-order valence-electron chi connectivity index (χ1n) is 6.78. The van der Waals surface area contributed by atoms with Crippen molar-refractivity contribution in [1.29, 1.82) is 0 Å². The van der Waals surface area contributed by atoms with Gasteiger partial charge in [0.1, 0.15) is 4.32 Å². The first-order valence-corrected chi connectivity index (χ1v) is 9.74. The van der Waals surface area contributed by atoms with Crippen molar-refractivity contribution >= 4 is 61.4 Å². The molecule has 2 saturated carbocycles. The van der Waals surface area contributed by atoms with E-state index < -0.39 is 0 Å². The lowest BCUT2D eigenvalue weighted by molar-refractivity contribution is 0.347. The van der Waals surface area contributed by atoms with Crippen LogP contribution in [-0.2, 0) is 0 Å². The van der Waals surface area contributed by atoms with Gasteiger partial charge in [-0.2, -0.15) is 0 Å². The molecule has 2 nitrogen and oxygen atoms in total. The standard InChI is InChI=1S/C10H18.C3H4N2S4/c1-2-6-9(5-1)10-7-3-4-8-10;1-5-3(7)9-8-2(4)6/h9-10H,1-8H2;1H2,(H2,4,6). The number of nitrogens with two attached hydrogens (primary N) is 1. The van der Waals surface area contributed by atoms with Crippen LogP contribution in [0.3, 0.4) is 0 Å². The second kappa shape index (κ2) is 10.1. The van der Waals surface area contributed by atoms with E-state index in [-0.39, 0.29) is 0 Å². The Morgan fingerprint density at radius 2 is 1.37 bits per heavy atom. The van der Waals surface area contributed by atoms with Crippen LogP contribution in [0.4, 0.5) is 0 Å². The molecule has 0 heterocycles. The van der Waals surface area contributed by atoms with Crippen LogP contribution in [0.5, 0.6) is 0 Å². The summed E-state index contributed by atoms with van der Waals surface area (Å²) in [6, 6.07) is 0. The summed E-state index contributed by atoms with van der Waals surface area (Å²) in [4.78, 5) is 3.47. The van der Waals surface area contributed by atoms with Crippen LogP contribution in [-0.4, -0.2) is 15.4 Å². The maximum absolute atomic E-state index is 5.15. The minimum Gasteiger partial charge on any atom is -0.384 e. The van der Waals surface area contributed by atoms with Crippen LogP contribution >= 0.6 is 46.0 Å². The lowest BCUT2D eigenvalue weighted by atomic mass is 9.90. The lowest BCUT2D eigenvalue weighted by Crippen LogP contribution is -2.06. The number of hydrogen-bond acceptors (Lipinski definition) is 4. The third kappa shape index (κ3) is 7.63. The van der Waals surface area contributed by atoms with E-state index in [1.165, 1.54) is 47.3 Å². The predicted molar refractivity (Wildman–Crippen MR) is 98.0 cm³/mol. The summed E-state index contributed by atoms with van der Waals surface area (Å²) in [6.07, 6.45) is 12.4. The van der Waals surface area contributed by atoms with Crippen LogP contribution in [0, 0.1) is 11.8 Å². The number of rotatable bonds is 1. The SMILES string of the molecule is C1CCC(C2CCCC2)C1.C=NC(=S)SSC(N)=S. The van der Waals surface area contributed by atoms with Crippen molar-refractivity contribution in [1.82, 2.24) is 0 Å². The van der Waals surface area contributed by atoms with Gasteiger partial charge in [-0.15, -0.1) is 0 Å². The number of hydrogen-bond donors (Lipinski definition) is 1. The van der Waals surface area contributed by atoms with Gasteiger partial charge in [0.2, 0.25) is 0 Å². The molecule has 0 bridgehead atoms. The first-order chi connectivity index (χ1) is 9.13. The van der Waals surface area contributed by atoms with Crippen LogP contribution in [0.15, 0.2) is 4.99 Å². The molecule has 0 aliphatic heterocycles. The lowest BCUT2D eigenvalue weighted by Gasteiger charge is -2.16. The molecule has 2 aliphatic carbocycles. The maximum atomic E-state index is 5.15. The van der Waals surface area contributed by atoms with Crippen molar-refractivity contribution in [2.24, 2.45) is 22.6 Å². The fraction of sp³-hybridized carbons (Fsp3) is 0.769. The minimum absolute atomic E-state index is 0.353. The predicted octanol–water partition coefficient (Wildman–Crippen LogP) is 4.96. The molecule has 0 spiro atoms. The topological polar surface area (TPSA) is 38.4 Å². The summed E-state index contributed by atoms with van der Waals surface area (Å²) >= 11 is 9.23. The first kappa shape index (κ1) is 17.4. The van der Waals surface area contributed by atoms with Gasteiger partial charge in [0.25, 0.3) is 0 Å². The Kier molecular flexibility index (Phi) is 9.28. The van der Waals surface area contributed by atoms with Gasteiger partial charge >= 0.3 is 0 Å². The molecule has 2 aliphatic rings. The zero-order valence-corrected chi connectivity index (χ0v) is 14.4.